The zero-order valence-corrected chi connectivity index (χ0v) is 16.0. The van der Waals surface area contributed by atoms with Gasteiger partial charge >= 0.3 is 0 Å². The number of carbonyl (C=O) groups excluding carboxylic acids is 2. The molecule has 3 aromatic rings. The van der Waals surface area contributed by atoms with Crippen molar-refractivity contribution in [3.63, 3.8) is 0 Å². The quantitative estimate of drug-likeness (QED) is 0.678. The van der Waals surface area contributed by atoms with E-state index < -0.39 is 0 Å². The van der Waals surface area contributed by atoms with Crippen molar-refractivity contribution in [2.24, 2.45) is 0 Å². The zero-order valence-electron chi connectivity index (χ0n) is 16.0. The smallest absolute Gasteiger partial charge is 0.261 e. The van der Waals surface area contributed by atoms with Gasteiger partial charge in [0.05, 0.1) is 29.6 Å². The minimum absolute atomic E-state index is 0.00674. The lowest BCUT2D eigenvalue weighted by Crippen LogP contribution is -2.29. The van der Waals surface area contributed by atoms with Crippen molar-refractivity contribution in [1.82, 2.24) is 25.2 Å². The number of nitrogens with one attached hydrogen (secondary N) is 1. The average molecular weight is 403 g/mol. The molecule has 0 atom stereocenters. The Bertz CT molecular complexity index is 1160. The Morgan fingerprint density at radius 1 is 1.03 bits per heavy atom. The first-order chi connectivity index (χ1) is 14.6. The number of rotatable bonds is 4. The average Bonchev–Trinajstić information content (AvgIpc) is 3.34. The summed E-state index contributed by atoms with van der Waals surface area (Å²) in [7, 11) is 0. The second-order valence-corrected chi connectivity index (χ2v) is 7.24. The fourth-order valence-corrected chi connectivity index (χ4v) is 3.82. The minimum Gasteiger partial charge on any atom is -0.313 e. The normalized spacial score (nSPS) is 16.0. The van der Waals surface area contributed by atoms with Crippen LogP contribution in [0.3, 0.4) is 0 Å². The van der Waals surface area contributed by atoms with Crippen LogP contribution in [-0.4, -0.2) is 44.8 Å². The summed E-state index contributed by atoms with van der Waals surface area (Å²) >= 11 is 0. The van der Waals surface area contributed by atoms with Crippen molar-refractivity contribution < 1.29 is 14.0 Å². The maximum Gasteiger partial charge on any atom is 0.261 e. The summed E-state index contributed by atoms with van der Waals surface area (Å²) < 4.78 is 16.1. The summed E-state index contributed by atoms with van der Waals surface area (Å²) in [5.74, 6) is -1.02. The molecule has 0 aliphatic carbocycles. The molecule has 0 unspecified atom stereocenters. The van der Waals surface area contributed by atoms with Gasteiger partial charge in [-0.1, -0.05) is 23.4 Å². The van der Waals surface area contributed by atoms with Gasteiger partial charge in [-0.15, -0.1) is 5.10 Å². The third-order valence-electron chi connectivity index (χ3n) is 5.37. The van der Waals surface area contributed by atoms with Gasteiger partial charge in [-0.25, -0.2) is 9.07 Å². The van der Waals surface area contributed by atoms with E-state index >= 15 is 0 Å². The third-order valence-corrected chi connectivity index (χ3v) is 5.37. The van der Waals surface area contributed by atoms with Gasteiger partial charge in [0, 0.05) is 18.2 Å². The molecular formula is C22H18FN5O2. The molecule has 1 N–H and O–H groups in total. The predicted octanol–water partition coefficient (Wildman–Crippen LogP) is 2.58. The van der Waals surface area contributed by atoms with Crippen LogP contribution in [0, 0.1) is 5.82 Å². The van der Waals surface area contributed by atoms with E-state index in [2.05, 4.69) is 15.6 Å². The molecule has 5 rings (SSSR count). The number of nitrogens with zero attached hydrogens (tertiary/aromatic N) is 4. The second-order valence-electron chi connectivity index (χ2n) is 7.24. The number of hydrogen-bond donors (Lipinski definition) is 1. The summed E-state index contributed by atoms with van der Waals surface area (Å²) in [4.78, 5) is 26.2. The summed E-state index contributed by atoms with van der Waals surface area (Å²) in [5.41, 5.74) is 3.32. The minimum atomic E-state index is -0.351. The van der Waals surface area contributed by atoms with Gasteiger partial charge in [-0.05, 0) is 42.8 Å². The van der Waals surface area contributed by atoms with E-state index in [9.17, 15) is 14.0 Å². The fourth-order valence-electron chi connectivity index (χ4n) is 3.82. The SMILES string of the molecule is O=C1c2ccccc2C(=O)N1Cc1cn(-c2ccc(C3=CCNCC3)c(F)c2)nn1. The number of aromatic nitrogens is 3. The molecule has 0 saturated heterocycles. The van der Waals surface area contributed by atoms with E-state index in [1.165, 1.54) is 10.7 Å². The molecule has 0 bridgehead atoms. The molecule has 2 aliphatic rings. The Morgan fingerprint density at radius 2 is 1.80 bits per heavy atom. The highest BCUT2D eigenvalue weighted by molar-refractivity contribution is 6.21. The van der Waals surface area contributed by atoms with Crippen molar-refractivity contribution in [2.75, 3.05) is 13.1 Å². The lowest BCUT2D eigenvalue weighted by molar-refractivity contribution is 0.0640. The Morgan fingerprint density at radius 3 is 2.47 bits per heavy atom. The first-order valence-electron chi connectivity index (χ1n) is 9.68. The van der Waals surface area contributed by atoms with Crippen LogP contribution >= 0.6 is 0 Å². The van der Waals surface area contributed by atoms with Gasteiger partial charge in [-0.3, -0.25) is 14.5 Å². The van der Waals surface area contributed by atoms with Crippen molar-refractivity contribution in [1.29, 1.82) is 0 Å². The van der Waals surface area contributed by atoms with Gasteiger partial charge in [0.2, 0.25) is 0 Å². The number of amides is 2. The van der Waals surface area contributed by atoms with Gasteiger partial charge in [0.25, 0.3) is 11.8 Å². The van der Waals surface area contributed by atoms with Crippen molar-refractivity contribution in [2.45, 2.75) is 13.0 Å². The van der Waals surface area contributed by atoms with Crippen LogP contribution in [0.5, 0.6) is 0 Å². The Balaban J connectivity index is 1.36. The molecule has 0 fully saturated rings. The molecular weight excluding hydrogens is 385 g/mol. The van der Waals surface area contributed by atoms with Crippen LogP contribution in [-0.2, 0) is 6.54 Å². The Labute approximate surface area is 171 Å². The topological polar surface area (TPSA) is 80.1 Å². The largest absolute Gasteiger partial charge is 0.313 e. The maximum atomic E-state index is 14.7. The van der Waals surface area contributed by atoms with E-state index in [-0.39, 0.29) is 24.2 Å². The molecule has 0 radical (unpaired) electrons. The molecule has 7 nitrogen and oxygen atoms in total. The molecule has 2 amide bonds. The van der Waals surface area contributed by atoms with Gasteiger partial charge in [0.1, 0.15) is 11.5 Å². The third kappa shape index (κ3) is 3.11. The van der Waals surface area contributed by atoms with Crippen molar-refractivity contribution >= 4 is 17.4 Å². The number of halogens is 1. The summed E-state index contributed by atoms with van der Waals surface area (Å²) in [6, 6.07) is 11.7. The Kier molecular flexibility index (Phi) is 4.48. The molecule has 1 aromatic heterocycles. The Hall–Kier alpha value is -3.65. The monoisotopic (exact) mass is 403 g/mol. The highest BCUT2D eigenvalue weighted by Gasteiger charge is 2.35. The van der Waals surface area contributed by atoms with Crippen LogP contribution in [0.25, 0.3) is 11.3 Å². The summed E-state index contributed by atoms with van der Waals surface area (Å²) in [6.45, 7) is 1.57. The molecule has 8 heteroatoms. The first-order valence-corrected chi connectivity index (χ1v) is 9.68. The van der Waals surface area contributed by atoms with E-state index in [1.807, 2.05) is 6.08 Å². The van der Waals surface area contributed by atoms with E-state index in [0.29, 0.717) is 28.1 Å². The molecule has 0 saturated carbocycles. The fraction of sp³-hybridized carbons (Fsp3) is 0.182. The molecule has 3 heterocycles. The van der Waals surface area contributed by atoms with E-state index in [4.69, 9.17) is 0 Å². The van der Waals surface area contributed by atoms with Crippen LogP contribution < -0.4 is 5.32 Å². The molecule has 2 aliphatic heterocycles. The number of hydrogen-bond acceptors (Lipinski definition) is 5. The van der Waals surface area contributed by atoms with Crippen LogP contribution in [0.4, 0.5) is 4.39 Å². The summed E-state index contributed by atoms with van der Waals surface area (Å²) in [5, 5.41) is 11.3. The lowest BCUT2D eigenvalue weighted by Gasteiger charge is -2.15. The highest BCUT2D eigenvalue weighted by atomic mass is 19.1. The second kappa shape index (κ2) is 7.31. The van der Waals surface area contributed by atoms with Crippen LogP contribution in [0.1, 0.15) is 38.4 Å². The number of carbonyl (C=O) groups is 2. The van der Waals surface area contributed by atoms with Gasteiger partial charge in [-0.2, -0.15) is 0 Å². The first kappa shape index (κ1) is 18.4. The maximum absolute atomic E-state index is 14.7. The van der Waals surface area contributed by atoms with Gasteiger partial charge < -0.3 is 5.32 Å². The van der Waals surface area contributed by atoms with Crippen molar-refractivity contribution in [3.05, 3.63) is 82.9 Å². The summed E-state index contributed by atoms with van der Waals surface area (Å²) in [6.07, 6.45) is 4.38. The molecule has 30 heavy (non-hydrogen) atoms. The van der Waals surface area contributed by atoms with Crippen LogP contribution in [0.15, 0.2) is 54.7 Å². The standard InChI is InChI=1S/C22H18FN5O2/c23-20-11-16(5-6-17(20)14-7-9-24-10-8-14)28-13-15(25-26-28)12-27-21(29)18-3-1-2-4-19(18)22(27)30/h1-7,11,13,24H,8-10,12H2. The number of benzene rings is 2. The van der Waals surface area contributed by atoms with E-state index in [1.54, 1.807) is 42.6 Å². The van der Waals surface area contributed by atoms with Gasteiger partial charge in [0.15, 0.2) is 0 Å². The zero-order chi connectivity index (χ0) is 20.7. The molecule has 2 aromatic carbocycles. The lowest BCUT2D eigenvalue weighted by atomic mass is 9.99. The molecule has 150 valence electrons. The number of fused-ring (bicyclic) bond motifs is 1. The predicted molar refractivity (Wildman–Crippen MR) is 107 cm³/mol. The highest BCUT2D eigenvalue weighted by Crippen LogP contribution is 2.26. The number of imide groups is 1. The van der Waals surface area contributed by atoms with E-state index in [0.717, 1.165) is 30.0 Å². The van der Waals surface area contributed by atoms with Crippen molar-refractivity contribution in [3.8, 4) is 5.69 Å². The molecule has 0 spiro atoms. The van der Waals surface area contributed by atoms with Crippen LogP contribution in [0.2, 0.25) is 0 Å².